The lowest BCUT2D eigenvalue weighted by molar-refractivity contribution is -0.152. The second-order valence-corrected chi connectivity index (χ2v) is 6.20. The Morgan fingerprint density at radius 2 is 1.63 bits per heavy atom. The minimum absolute atomic E-state index is 0.0983. The molecule has 3 unspecified atom stereocenters. The third-order valence-electron chi connectivity index (χ3n) is 4.73. The number of carbonyl (C=O) groups is 2. The standard InChI is InChI=1S/C15H25NO3/c1-11-5-4-9-16(10-8-11)14(17)12-6-2-3-7-13(12)15(18)19/h11-13H,2-10H2,1H3,(H,18,19). The topological polar surface area (TPSA) is 57.6 Å². The Morgan fingerprint density at radius 1 is 0.947 bits per heavy atom. The molecule has 1 N–H and O–H groups in total. The Bertz CT molecular complexity index is 342. The molecular weight excluding hydrogens is 242 g/mol. The van der Waals surface area contributed by atoms with Gasteiger partial charge in [-0.25, -0.2) is 0 Å². The van der Waals surface area contributed by atoms with E-state index in [1.54, 1.807) is 0 Å². The lowest BCUT2D eigenvalue weighted by Crippen LogP contribution is -2.43. The van der Waals surface area contributed by atoms with Crippen LogP contribution in [0.1, 0.15) is 51.9 Å². The highest BCUT2D eigenvalue weighted by atomic mass is 16.4. The summed E-state index contributed by atoms with van der Waals surface area (Å²) in [5.41, 5.74) is 0. The van der Waals surface area contributed by atoms with Gasteiger partial charge in [-0.15, -0.1) is 0 Å². The van der Waals surface area contributed by atoms with Crippen LogP contribution >= 0.6 is 0 Å². The summed E-state index contributed by atoms with van der Waals surface area (Å²) in [4.78, 5) is 25.8. The molecule has 1 saturated carbocycles. The third-order valence-corrected chi connectivity index (χ3v) is 4.73. The number of nitrogens with zero attached hydrogens (tertiary/aromatic N) is 1. The summed E-state index contributed by atoms with van der Waals surface area (Å²) in [6.07, 6.45) is 6.63. The van der Waals surface area contributed by atoms with Gasteiger partial charge < -0.3 is 10.0 Å². The molecule has 0 radical (unpaired) electrons. The molecule has 0 spiro atoms. The van der Waals surface area contributed by atoms with Crippen molar-refractivity contribution >= 4 is 11.9 Å². The normalized spacial score (nSPS) is 32.7. The van der Waals surface area contributed by atoms with Crippen LogP contribution in [0.4, 0.5) is 0 Å². The molecule has 19 heavy (non-hydrogen) atoms. The van der Waals surface area contributed by atoms with Gasteiger partial charge in [0.05, 0.1) is 11.8 Å². The average molecular weight is 267 g/mol. The van der Waals surface area contributed by atoms with E-state index >= 15 is 0 Å². The van der Waals surface area contributed by atoms with E-state index < -0.39 is 11.9 Å². The molecule has 1 saturated heterocycles. The number of carboxylic acid groups (broad SMARTS) is 1. The van der Waals surface area contributed by atoms with Gasteiger partial charge in [-0.2, -0.15) is 0 Å². The fourth-order valence-electron chi connectivity index (χ4n) is 3.44. The van der Waals surface area contributed by atoms with Gasteiger partial charge in [0.2, 0.25) is 5.91 Å². The molecule has 2 aliphatic rings. The van der Waals surface area contributed by atoms with Crippen molar-refractivity contribution in [3.63, 3.8) is 0 Å². The Labute approximate surface area is 115 Å². The Kier molecular flexibility index (Phi) is 4.83. The summed E-state index contributed by atoms with van der Waals surface area (Å²) in [7, 11) is 0. The molecule has 0 aromatic heterocycles. The first-order chi connectivity index (χ1) is 9.09. The maximum atomic E-state index is 12.6. The zero-order valence-corrected chi connectivity index (χ0v) is 11.8. The summed E-state index contributed by atoms with van der Waals surface area (Å²) in [5.74, 6) is -0.747. The first kappa shape index (κ1) is 14.4. The fourth-order valence-corrected chi connectivity index (χ4v) is 3.44. The maximum absolute atomic E-state index is 12.6. The van der Waals surface area contributed by atoms with Gasteiger partial charge in [-0.1, -0.05) is 19.8 Å². The molecule has 4 heteroatoms. The van der Waals surface area contributed by atoms with Crippen LogP contribution in [0.5, 0.6) is 0 Å². The predicted molar refractivity (Wildman–Crippen MR) is 72.7 cm³/mol. The maximum Gasteiger partial charge on any atom is 0.307 e. The lowest BCUT2D eigenvalue weighted by atomic mass is 9.78. The van der Waals surface area contributed by atoms with E-state index in [9.17, 15) is 14.7 Å². The quantitative estimate of drug-likeness (QED) is 0.836. The number of hydrogen-bond donors (Lipinski definition) is 1. The SMILES string of the molecule is CC1CCCN(C(=O)C2CCCCC2C(=O)O)CC1. The highest BCUT2D eigenvalue weighted by Crippen LogP contribution is 2.32. The number of rotatable bonds is 2. The minimum atomic E-state index is -0.791. The van der Waals surface area contributed by atoms with Crippen LogP contribution in [0.3, 0.4) is 0 Å². The van der Waals surface area contributed by atoms with E-state index in [2.05, 4.69) is 6.92 Å². The molecule has 1 aliphatic carbocycles. The van der Waals surface area contributed by atoms with Gasteiger partial charge in [-0.05, 0) is 38.0 Å². The second kappa shape index (κ2) is 6.40. The third kappa shape index (κ3) is 3.48. The number of hydrogen-bond acceptors (Lipinski definition) is 2. The Balaban J connectivity index is 2.02. The van der Waals surface area contributed by atoms with E-state index in [4.69, 9.17) is 0 Å². The van der Waals surface area contributed by atoms with Crippen molar-refractivity contribution in [2.75, 3.05) is 13.1 Å². The zero-order valence-electron chi connectivity index (χ0n) is 11.8. The number of likely N-dealkylation sites (tertiary alicyclic amines) is 1. The van der Waals surface area contributed by atoms with Crippen LogP contribution in [0.2, 0.25) is 0 Å². The molecule has 0 aromatic rings. The molecule has 108 valence electrons. The fraction of sp³-hybridized carbons (Fsp3) is 0.867. The van der Waals surface area contributed by atoms with Crippen LogP contribution < -0.4 is 0 Å². The van der Waals surface area contributed by atoms with Gasteiger partial charge in [-0.3, -0.25) is 9.59 Å². The predicted octanol–water partition coefficient (Wildman–Crippen LogP) is 2.53. The van der Waals surface area contributed by atoms with Crippen LogP contribution in [0.25, 0.3) is 0 Å². The molecule has 3 atom stereocenters. The summed E-state index contributed by atoms with van der Waals surface area (Å²) in [6.45, 7) is 3.85. The van der Waals surface area contributed by atoms with Crippen molar-refractivity contribution in [3.8, 4) is 0 Å². The van der Waals surface area contributed by atoms with Crippen molar-refractivity contribution in [1.82, 2.24) is 4.90 Å². The van der Waals surface area contributed by atoms with Crippen molar-refractivity contribution in [3.05, 3.63) is 0 Å². The van der Waals surface area contributed by atoms with Gasteiger partial charge in [0.25, 0.3) is 0 Å². The molecule has 1 heterocycles. The Hall–Kier alpha value is -1.06. The molecule has 2 fully saturated rings. The highest BCUT2D eigenvalue weighted by molar-refractivity contribution is 5.85. The van der Waals surface area contributed by atoms with E-state index in [0.717, 1.165) is 45.2 Å². The van der Waals surface area contributed by atoms with Crippen LogP contribution in [-0.4, -0.2) is 35.0 Å². The Morgan fingerprint density at radius 3 is 2.32 bits per heavy atom. The van der Waals surface area contributed by atoms with E-state index in [1.165, 1.54) is 6.42 Å². The summed E-state index contributed by atoms with van der Waals surface area (Å²) in [6, 6.07) is 0. The van der Waals surface area contributed by atoms with Crippen molar-refractivity contribution in [2.45, 2.75) is 51.9 Å². The van der Waals surface area contributed by atoms with Gasteiger partial charge in [0.1, 0.15) is 0 Å². The van der Waals surface area contributed by atoms with Gasteiger partial charge >= 0.3 is 5.97 Å². The van der Waals surface area contributed by atoms with Crippen LogP contribution in [0, 0.1) is 17.8 Å². The van der Waals surface area contributed by atoms with Crippen LogP contribution in [0.15, 0.2) is 0 Å². The van der Waals surface area contributed by atoms with Gasteiger partial charge in [0, 0.05) is 13.1 Å². The summed E-state index contributed by atoms with van der Waals surface area (Å²) >= 11 is 0. The molecule has 1 aliphatic heterocycles. The first-order valence-electron chi connectivity index (χ1n) is 7.61. The average Bonchev–Trinajstić information content (AvgIpc) is 2.62. The molecule has 0 bridgehead atoms. The first-order valence-corrected chi connectivity index (χ1v) is 7.61. The summed E-state index contributed by atoms with van der Waals surface area (Å²) in [5, 5.41) is 9.28. The molecular formula is C15H25NO3. The number of amides is 1. The molecule has 0 aromatic carbocycles. The highest BCUT2D eigenvalue weighted by Gasteiger charge is 2.37. The van der Waals surface area contributed by atoms with E-state index in [-0.39, 0.29) is 11.8 Å². The lowest BCUT2D eigenvalue weighted by Gasteiger charge is -2.32. The largest absolute Gasteiger partial charge is 0.481 e. The van der Waals surface area contributed by atoms with Crippen molar-refractivity contribution in [1.29, 1.82) is 0 Å². The van der Waals surface area contributed by atoms with Crippen molar-refractivity contribution in [2.24, 2.45) is 17.8 Å². The zero-order chi connectivity index (χ0) is 13.8. The van der Waals surface area contributed by atoms with Gasteiger partial charge in [0.15, 0.2) is 0 Å². The number of carbonyl (C=O) groups excluding carboxylic acids is 1. The van der Waals surface area contributed by atoms with Crippen molar-refractivity contribution < 1.29 is 14.7 Å². The molecule has 2 rings (SSSR count). The minimum Gasteiger partial charge on any atom is -0.481 e. The molecule has 1 amide bonds. The number of aliphatic carboxylic acids is 1. The van der Waals surface area contributed by atoms with E-state index in [0.29, 0.717) is 12.3 Å². The number of carboxylic acids is 1. The monoisotopic (exact) mass is 267 g/mol. The van der Waals surface area contributed by atoms with E-state index in [1.807, 2.05) is 4.90 Å². The molecule has 4 nitrogen and oxygen atoms in total. The smallest absolute Gasteiger partial charge is 0.307 e. The van der Waals surface area contributed by atoms with Crippen LogP contribution in [-0.2, 0) is 9.59 Å². The summed E-state index contributed by atoms with van der Waals surface area (Å²) < 4.78 is 0. The second-order valence-electron chi connectivity index (χ2n) is 6.20.